The van der Waals surface area contributed by atoms with E-state index in [0.717, 1.165) is 11.8 Å². The van der Waals surface area contributed by atoms with Gasteiger partial charge < -0.3 is 5.11 Å². The summed E-state index contributed by atoms with van der Waals surface area (Å²) in [5, 5.41) is 8.15. The molecule has 0 heterocycles. The Bertz CT molecular complexity index is 69.2. The molecule has 0 atom stereocenters. The Balaban J connectivity index is 3.05. The van der Waals surface area contributed by atoms with Gasteiger partial charge in [0.2, 0.25) is 4.38 Å². The third-order valence-corrected chi connectivity index (χ3v) is 1.02. The predicted molar refractivity (Wildman–Crippen MR) is 36.5 cm³/mol. The Morgan fingerprint density at radius 2 is 2.33 bits per heavy atom. The molecule has 0 aliphatic rings. The first-order chi connectivity index (χ1) is 2.77. The zero-order valence-corrected chi connectivity index (χ0v) is 5.20. The smallest absolute Gasteiger partial charge is 0.222 e. The number of hydrogen-bond acceptors (Lipinski definition) is 3. The number of thiocarbonyl (C=S) groups is 2. The summed E-state index contributed by atoms with van der Waals surface area (Å²) in [7, 11) is 0. The zero-order chi connectivity index (χ0) is 4.99. The van der Waals surface area contributed by atoms with E-state index in [0.29, 0.717) is 0 Å². The molecule has 0 radical (unpaired) electrons. The van der Waals surface area contributed by atoms with Crippen LogP contribution in [0.4, 0.5) is 0 Å². The molecule has 0 unspecified atom stereocenters. The third kappa shape index (κ3) is 4.33. The minimum absolute atomic E-state index is 0.120. The highest BCUT2D eigenvalue weighted by Crippen LogP contribution is 1.93. The molecule has 0 bridgehead atoms. The quantitative estimate of drug-likeness (QED) is 0.554. The van der Waals surface area contributed by atoms with Crippen molar-refractivity contribution in [3.8, 4) is 0 Å². The van der Waals surface area contributed by atoms with Gasteiger partial charge in [-0.2, -0.15) is 0 Å². The van der Waals surface area contributed by atoms with Crippen LogP contribution in [-0.4, -0.2) is 14.2 Å². The van der Waals surface area contributed by atoms with Crippen LogP contribution in [0.5, 0.6) is 0 Å². The van der Waals surface area contributed by atoms with E-state index in [1.165, 1.54) is 4.70 Å². The maximum absolute atomic E-state index is 8.15. The summed E-state index contributed by atoms with van der Waals surface area (Å²) < 4.78 is 1.19. The summed E-state index contributed by atoms with van der Waals surface area (Å²) in [6.07, 6.45) is 0. The van der Waals surface area contributed by atoms with Gasteiger partial charge in [-0.1, -0.05) is 12.2 Å². The Labute approximate surface area is 50.7 Å². The maximum atomic E-state index is 8.15. The number of hydrogen-bond donors (Lipinski definition) is 1. The molecule has 0 aromatic rings. The lowest BCUT2D eigenvalue weighted by molar-refractivity contribution is 0.586. The number of thioether (sulfide) groups is 1. The van der Waals surface area contributed by atoms with Gasteiger partial charge >= 0.3 is 0 Å². The second-order valence-electron chi connectivity index (χ2n) is 0.480. The van der Waals surface area contributed by atoms with Gasteiger partial charge in [-0.05, 0) is 24.0 Å². The van der Waals surface area contributed by atoms with Crippen molar-refractivity contribution in [1.29, 1.82) is 0 Å². The number of aliphatic hydroxyl groups is 1. The highest BCUT2D eigenvalue weighted by molar-refractivity contribution is 8.36. The van der Waals surface area contributed by atoms with Gasteiger partial charge in [0, 0.05) is 4.70 Å². The molecule has 0 aromatic heterocycles. The van der Waals surface area contributed by atoms with Gasteiger partial charge in [0.05, 0.1) is 0 Å². The highest BCUT2D eigenvalue weighted by atomic mass is 32.2. The van der Waals surface area contributed by atoms with E-state index in [4.69, 9.17) is 5.11 Å². The van der Waals surface area contributed by atoms with E-state index in [-0.39, 0.29) is 4.38 Å². The summed E-state index contributed by atoms with van der Waals surface area (Å²) in [5.41, 5.74) is 0. The molecule has 0 rings (SSSR count). The minimum atomic E-state index is -0.120. The molecule has 4 heteroatoms. The van der Waals surface area contributed by atoms with Crippen molar-refractivity contribution >= 4 is 45.3 Å². The van der Waals surface area contributed by atoms with Crippen LogP contribution in [-0.2, 0) is 0 Å². The van der Waals surface area contributed by atoms with Crippen LogP contribution in [0.2, 0.25) is 0 Å². The standard InChI is InChI=1S/C2H2OS3/c3-2(5)6-1-4/h1H,(H,3,5). The molecule has 6 heavy (non-hydrogen) atoms. The molecular weight excluding hydrogens is 136 g/mol. The van der Waals surface area contributed by atoms with Crippen LogP contribution >= 0.6 is 36.2 Å². The Hall–Kier alpha value is 0.330. The van der Waals surface area contributed by atoms with Crippen LogP contribution in [0.25, 0.3) is 0 Å². The van der Waals surface area contributed by atoms with Gasteiger partial charge in [-0.15, -0.1) is 0 Å². The highest BCUT2D eigenvalue weighted by Gasteiger charge is 1.80. The zero-order valence-electron chi connectivity index (χ0n) is 2.75. The lowest BCUT2D eigenvalue weighted by atomic mass is 11.7. The van der Waals surface area contributed by atoms with Crippen molar-refractivity contribution < 1.29 is 5.11 Å². The van der Waals surface area contributed by atoms with Crippen molar-refractivity contribution in [1.82, 2.24) is 0 Å². The molecule has 1 nitrogen and oxygen atoms in total. The Morgan fingerprint density at radius 1 is 1.83 bits per heavy atom. The molecule has 0 aromatic carbocycles. The summed E-state index contributed by atoms with van der Waals surface area (Å²) in [4.78, 5) is 0. The monoisotopic (exact) mass is 138 g/mol. The maximum Gasteiger partial charge on any atom is 0.222 e. The van der Waals surface area contributed by atoms with Gasteiger partial charge in [-0.3, -0.25) is 0 Å². The van der Waals surface area contributed by atoms with Gasteiger partial charge in [0.15, 0.2) is 0 Å². The van der Waals surface area contributed by atoms with Crippen molar-refractivity contribution in [3.05, 3.63) is 0 Å². The number of aliphatic hydroxyl groups excluding tert-OH is 1. The third-order valence-electron chi connectivity index (χ3n) is 0.149. The second-order valence-corrected chi connectivity index (χ2v) is 2.52. The topological polar surface area (TPSA) is 20.2 Å². The van der Waals surface area contributed by atoms with Crippen molar-refractivity contribution in [2.75, 3.05) is 0 Å². The van der Waals surface area contributed by atoms with Gasteiger partial charge in [-0.25, -0.2) is 0 Å². The molecule has 0 fully saturated rings. The number of rotatable bonds is 1. The first-order valence-corrected chi connectivity index (χ1v) is 2.86. The normalized spacial score (nSPS) is 7.33. The van der Waals surface area contributed by atoms with Crippen LogP contribution in [0.15, 0.2) is 0 Å². The molecule has 0 saturated carbocycles. The fraction of sp³-hybridized carbons (Fsp3) is 0. The predicted octanol–water partition coefficient (Wildman–Crippen LogP) is 1.52. The van der Waals surface area contributed by atoms with Crippen molar-refractivity contribution in [2.45, 2.75) is 0 Å². The molecule has 0 spiro atoms. The van der Waals surface area contributed by atoms with Gasteiger partial charge in [0.1, 0.15) is 0 Å². The molecule has 34 valence electrons. The van der Waals surface area contributed by atoms with Crippen LogP contribution in [0.3, 0.4) is 0 Å². The van der Waals surface area contributed by atoms with Crippen LogP contribution < -0.4 is 0 Å². The lowest BCUT2D eigenvalue weighted by Gasteiger charge is -1.77. The van der Waals surface area contributed by atoms with E-state index in [1.54, 1.807) is 0 Å². The van der Waals surface area contributed by atoms with E-state index in [9.17, 15) is 0 Å². The Morgan fingerprint density at radius 3 is 2.33 bits per heavy atom. The van der Waals surface area contributed by atoms with Gasteiger partial charge in [0.25, 0.3) is 0 Å². The Kier molecular flexibility index (Phi) is 3.71. The average Bonchev–Trinajstić information content (AvgIpc) is 1.35. The minimum Gasteiger partial charge on any atom is -0.494 e. The summed E-state index contributed by atoms with van der Waals surface area (Å²) >= 11 is 9.50. The molecule has 0 saturated heterocycles. The summed E-state index contributed by atoms with van der Waals surface area (Å²) in [6, 6.07) is 0. The van der Waals surface area contributed by atoms with E-state index >= 15 is 0 Å². The van der Waals surface area contributed by atoms with Crippen molar-refractivity contribution in [2.24, 2.45) is 0 Å². The van der Waals surface area contributed by atoms with Crippen molar-refractivity contribution in [3.63, 3.8) is 0 Å². The van der Waals surface area contributed by atoms with Crippen LogP contribution in [0.1, 0.15) is 0 Å². The molecule has 1 N–H and O–H groups in total. The average molecular weight is 138 g/mol. The lowest BCUT2D eigenvalue weighted by Crippen LogP contribution is -1.77. The fourth-order valence-corrected chi connectivity index (χ4v) is 0.724. The second kappa shape index (κ2) is 3.52. The fourth-order valence-electron chi connectivity index (χ4n) is 0.0412. The molecule has 0 amide bonds. The van der Waals surface area contributed by atoms with E-state index in [2.05, 4.69) is 24.4 Å². The molecule has 0 aliphatic heterocycles. The van der Waals surface area contributed by atoms with E-state index in [1.807, 2.05) is 0 Å². The largest absolute Gasteiger partial charge is 0.494 e. The van der Waals surface area contributed by atoms with E-state index < -0.39 is 0 Å². The molecular formula is C2H2OS3. The SMILES string of the molecule is OC(=S)SC=S. The molecule has 0 aliphatic carbocycles. The summed E-state index contributed by atoms with van der Waals surface area (Å²) in [6.45, 7) is 0. The first kappa shape index (κ1) is 6.33. The van der Waals surface area contributed by atoms with Crippen LogP contribution in [0, 0.1) is 0 Å². The summed E-state index contributed by atoms with van der Waals surface area (Å²) in [5.74, 6) is 0. The first-order valence-electron chi connectivity index (χ1n) is 1.10.